The zero-order valence-corrected chi connectivity index (χ0v) is 15.3. The molecule has 25 heavy (non-hydrogen) atoms. The number of amides is 1. The van der Waals surface area contributed by atoms with Gasteiger partial charge < -0.3 is 10.1 Å². The number of tetrazole rings is 1. The van der Waals surface area contributed by atoms with E-state index < -0.39 is 0 Å². The molecule has 2 heterocycles. The molecular weight excluding hydrogens is 338 g/mol. The fourth-order valence-electron chi connectivity index (χ4n) is 2.65. The third-order valence-electron chi connectivity index (χ3n) is 4.13. The Morgan fingerprint density at radius 1 is 1.40 bits per heavy atom. The number of benzene rings is 1. The molecule has 0 aliphatic carbocycles. The average Bonchev–Trinajstić information content (AvgIpc) is 3.29. The lowest BCUT2D eigenvalue weighted by atomic mass is 10.0. The summed E-state index contributed by atoms with van der Waals surface area (Å²) in [5.74, 6) is 0.714. The van der Waals surface area contributed by atoms with Gasteiger partial charge in [0.15, 0.2) is 0 Å². The number of ether oxygens (including phenoxy) is 1. The van der Waals surface area contributed by atoms with Gasteiger partial charge in [-0.2, -0.15) is 4.68 Å². The minimum absolute atomic E-state index is 0.0368. The van der Waals surface area contributed by atoms with E-state index in [9.17, 15) is 4.79 Å². The van der Waals surface area contributed by atoms with E-state index in [0.717, 1.165) is 25.1 Å². The molecule has 1 aromatic carbocycles. The monoisotopic (exact) mass is 361 g/mol. The van der Waals surface area contributed by atoms with Gasteiger partial charge in [0.05, 0.1) is 17.5 Å². The van der Waals surface area contributed by atoms with E-state index in [1.807, 2.05) is 12.1 Å². The number of nitrogens with zero attached hydrogens (tertiary/aromatic N) is 4. The van der Waals surface area contributed by atoms with Gasteiger partial charge >= 0.3 is 0 Å². The molecule has 1 amide bonds. The number of thioether (sulfide) groups is 1. The molecule has 0 radical (unpaired) electrons. The van der Waals surface area contributed by atoms with Gasteiger partial charge in [-0.1, -0.05) is 37.7 Å². The van der Waals surface area contributed by atoms with Gasteiger partial charge in [0.25, 0.3) is 0 Å². The molecule has 1 aliphatic rings. The summed E-state index contributed by atoms with van der Waals surface area (Å²) in [6.07, 6.45) is 2.23. The minimum Gasteiger partial charge on any atom is -0.376 e. The van der Waals surface area contributed by atoms with Crippen LogP contribution in [-0.4, -0.2) is 51.1 Å². The molecule has 1 atom stereocenters. The van der Waals surface area contributed by atoms with Gasteiger partial charge in [0.2, 0.25) is 11.1 Å². The van der Waals surface area contributed by atoms with Gasteiger partial charge in [-0.3, -0.25) is 4.79 Å². The largest absolute Gasteiger partial charge is 0.376 e. The standard InChI is InChI=1S/C17H23N5O2S/c1-12(2)13-5-7-14(8-6-13)22-17(19-20-21-22)25-11-16(23)18-10-15-4-3-9-24-15/h5-8,12,15H,3-4,9-11H2,1-2H3,(H,18,23)/t15-/m0/s1. The van der Waals surface area contributed by atoms with Crippen LogP contribution in [0.3, 0.4) is 0 Å². The number of hydrogen-bond donors (Lipinski definition) is 1. The van der Waals surface area contributed by atoms with Crippen LogP contribution in [0.1, 0.15) is 38.2 Å². The van der Waals surface area contributed by atoms with Crippen molar-refractivity contribution in [3.8, 4) is 5.69 Å². The first-order chi connectivity index (χ1) is 12.1. The SMILES string of the molecule is CC(C)c1ccc(-n2nnnc2SCC(=O)NC[C@@H]2CCCO2)cc1. The van der Waals surface area contributed by atoms with Crippen LogP contribution in [0.15, 0.2) is 29.4 Å². The van der Waals surface area contributed by atoms with E-state index >= 15 is 0 Å². The Morgan fingerprint density at radius 2 is 2.20 bits per heavy atom. The van der Waals surface area contributed by atoms with Crippen LogP contribution in [0.25, 0.3) is 5.69 Å². The van der Waals surface area contributed by atoms with E-state index in [-0.39, 0.29) is 17.8 Å². The summed E-state index contributed by atoms with van der Waals surface area (Å²) in [5, 5.41) is 15.3. The van der Waals surface area contributed by atoms with Crippen LogP contribution in [0, 0.1) is 0 Å². The summed E-state index contributed by atoms with van der Waals surface area (Å²) in [6.45, 7) is 5.67. The lowest BCUT2D eigenvalue weighted by Gasteiger charge is -2.10. The second-order valence-corrected chi connectivity index (χ2v) is 7.29. The molecular formula is C17H23N5O2S. The zero-order valence-electron chi connectivity index (χ0n) is 14.5. The van der Waals surface area contributed by atoms with Gasteiger partial charge in [-0.15, -0.1) is 5.10 Å². The normalized spacial score (nSPS) is 17.2. The fourth-order valence-corrected chi connectivity index (χ4v) is 3.37. The molecule has 0 unspecified atom stereocenters. The predicted octanol–water partition coefficient (Wildman–Crippen LogP) is 2.17. The first-order valence-electron chi connectivity index (χ1n) is 8.53. The van der Waals surface area contributed by atoms with Crippen LogP contribution in [-0.2, 0) is 9.53 Å². The molecule has 0 spiro atoms. The fraction of sp³-hybridized carbons (Fsp3) is 0.529. The maximum Gasteiger partial charge on any atom is 0.230 e. The average molecular weight is 361 g/mol. The first-order valence-corrected chi connectivity index (χ1v) is 9.52. The minimum atomic E-state index is -0.0368. The smallest absolute Gasteiger partial charge is 0.230 e. The number of nitrogens with one attached hydrogen (secondary N) is 1. The number of aromatic nitrogens is 4. The van der Waals surface area contributed by atoms with Crippen molar-refractivity contribution in [3.63, 3.8) is 0 Å². The zero-order chi connectivity index (χ0) is 17.6. The van der Waals surface area contributed by atoms with Crippen LogP contribution in [0.5, 0.6) is 0 Å². The number of carbonyl (C=O) groups is 1. The molecule has 3 rings (SSSR count). The van der Waals surface area contributed by atoms with Gasteiger partial charge in [0, 0.05) is 13.2 Å². The molecule has 0 saturated carbocycles. The Hall–Kier alpha value is -1.93. The van der Waals surface area contributed by atoms with Gasteiger partial charge in [-0.25, -0.2) is 0 Å². The predicted molar refractivity (Wildman–Crippen MR) is 96.0 cm³/mol. The highest BCUT2D eigenvalue weighted by molar-refractivity contribution is 7.99. The van der Waals surface area contributed by atoms with E-state index in [1.54, 1.807) is 4.68 Å². The highest BCUT2D eigenvalue weighted by Gasteiger charge is 2.17. The Balaban J connectivity index is 1.55. The molecule has 1 aromatic heterocycles. The summed E-state index contributed by atoms with van der Waals surface area (Å²) < 4.78 is 7.15. The molecule has 0 bridgehead atoms. The van der Waals surface area contributed by atoms with E-state index in [2.05, 4.69) is 46.8 Å². The van der Waals surface area contributed by atoms with Crippen molar-refractivity contribution in [3.05, 3.63) is 29.8 Å². The van der Waals surface area contributed by atoms with Crippen molar-refractivity contribution in [1.29, 1.82) is 0 Å². The molecule has 7 nitrogen and oxygen atoms in total. The molecule has 1 saturated heterocycles. The Kier molecular flexibility index (Phi) is 6.04. The van der Waals surface area contributed by atoms with E-state index in [1.165, 1.54) is 17.3 Å². The molecule has 1 N–H and O–H groups in total. The summed E-state index contributed by atoms with van der Waals surface area (Å²) in [6, 6.07) is 8.13. The van der Waals surface area contributed by atoms with E-state index in [0.29, 0.717) is 17.6 Å². The van der Waals surface area contributed by atoms with Crippen LogP contribution < -0.4 is 5.32 Å². The van der Waals surface area contributed by atoms with E-state index in [4.69, 9.17) is 4.74 Å². The Morgan fingerprint density at radius 3 is 2.88 bits per heavy atom. The summed E-state index contributed by atoms with van der Waals surface area (Å²) in [7, 11) is 0. The molecule has 2 aromatic rings. The van der Waals surface area contributed by atoms with Crippen molar-refractivity contribution < 1.29 is 9.53 Å². The summed E-state index contributed by atoms with van der Waals surface area (Å²) >= 11 is 1.32. The lowest BCUT2D eigenvalue weighted by Crippen LogP contribution is -2.32. The van der Waals surface area contributed by atoms with Gasteiger partial charge in [-0.05, 0) is 46.9 Å². The van der Waals surface area contributed by atoms with Crippen LogP contribution in [0.2, 0.25) is 0 Å². The second-order valence-electron chi connectivity index (χ2n) is 6.35. The highest BCUT2D eigenvalue weighted by atomic mass is 32.2. The number of carbonyl (C=O) groups excluding carboxylic acids is 1. The van der Waals surface area contributed by atoms with Crippen LogP contribution in [0.4, 0.5) is 0 Å². The summed E-state index contributed by atoms with van der Waals surface area (Å²) in [4.78, 5) is 12.0. The summed E-state index contributed by atoms with van der Waals surface area (Å²) in [5.41, 5.74) is 2.15. The van der Waals surface area contributed by atoms with Crippen molar-refractivity contribution in [2.75, 3.05) is 18.9 Å². The maximum atomic E-state index is 12.0. The highest BCUT2D eigenvalue weighted by Crippen LogP contribution is 2.20. The second kappa shape index (κ2) is 8.44. The third kappa shape index (κ3) is 4.79. The molecule has 1 fully saturated rings. The number of rotatable bonds is 7. The Bertz CT molecular complexity index is 695. The quantitative estimate of drug-likeness (QED) is 0.761. The van der Waals surface area contributed by atoms with Crippen molar-refractivity contribution >= 4 is 17.7 Å². The molecule has 1 aliphatic heterocycles. The van der Waals surface area contributed by atoms with Crippen molar-refractivity contribution in [1.82, 2.24) is 25.5 Å². The molecule has 134 valence electrons. The maximum absolute atomic E-state index is 12.0. The molecule has 8 heteroatoms. The topological polar surface area (TPSA) is 81.9 Å². The van der Waals surface area contributed by atoms with Crippen LogP contribution >= 0.6 is 11.8 Å². The van der Waals surface area contributed by atoms with Gasteiger partial charge in [0.1, 0.15) is 0 Å². The lowest BCUT2D eigenvalue weighted by molar-refractivity contribution is -0.119. The Labute approximate surface area is 151 Å². The third-order valence-corrected chi connectivity index (χ3v) is 5.05. The number of hydrogen-bond acceptors (Lipinski definition) is 6. The first kappa shape index (κ1) is 17.9. The van der Waals surface area contributed by atoms with Crippen molar-refractivity contribution in [2.45, 2.75) is 43.9 Å². The van der Waals surface area contributed by atoms with Crippen molar-refractivity contribution in [2.24, 2.45) is 0 Å².